The van der Waals surface area contributed by atoms with Crippen LogP contribution in [0.5, 0.6) is 0 Å². The standard InChI is InChI=1S/C20H22N6O/c1-25-5-7-26(8-6-25)14-20(27)24-19-10-16-9-17(12-22-18(16)13-23-19)15-3-2-4-21-11-15/h2-4,9-13H,5-8,14H2,1H3,(H,23,24,27). The van der Waals surface area contributed by atoms with E-state index in [9.17, 15) is 4.79 Å². The van der Waals surface area contributed by atoms with Crippen molar-refractivity contribution < 1.29 is 4.79 Å². The molecule has 0 bridgehead atoms. The molecular formula is C20H22N6O. The van der Waals surface area contributed by atoms with E-state index >= 15 is 0 Å². The monoisotopic (exact) mass is 362 g/mol. The highest BCUT2D eigenvalue weighted by Crippen LogP contribution is 2.23. The highest BCUT2D eigenvalue weighted by Gasteiger charge is 2.16. The average Bonchev–Trinajstić information content (AvgIpc) is 2.70. The molecule has 1 aliphatic heterocycles. The maximum atomic E-state index is 12.4. The summed E-state index contributed by atoms with van der Waals surface area (Å²) in [7, 11) is 2.10. The third kappa shape index (κ3) is 4.27. The topological polar surface area (TPSA) is 74.2 Å². The molecule has 0 saturated carbocycles. The van der Waals surface area contributed by atoms with Gasteiger partial charge in [0.2, 0.25) is 5.91 Å². The van der Waals surface area contributed by atoms with Gasteiger partial charge in [0.1, 0.15) is 5.82 Å². The van der Waals surface area contributed by atoms with Gasteiger partial charge in [-0.25, -0.2) is 4.98 Å². The lowest BCUT2D eigenvalue weighted by Gasteiger charge is -2.31. The summed E-state index contributed by atoms with van der Waals surface area (Å²) in [5.74, 6) is 0.509. The van der Waals surface area contributed by atoms with Crippen LogP contribution in [-0.4, -0.2) is 70.4 Å². The molecule has 0 aromatic carbocycles. The molecule has 4 rings (SSSR count). The zero-order valence-electron chi connectivity index (χ0n) is 15.3. The number of hydrogen-bond donors (Lipinski definition) is 1. The molecule has 1 fully saturated rings. The van der Waals surface area contributed by atoms with Crippen molar-refractivity contribution in [3.8, 4) is 11.1 Å². The van der Waals surface area contributed by atoms with Crippen LogP contribution in [0.1, 0.15) is 0 Å². The molecule has 4 heterocycles. The minimum atomic E-state index is -0.0391. The molecular weight excluding hydrogens is 340 g/mol. The second-order valence-electron chi connectivity index (χ2n) is 6.86. The van der Waals surface area contributed by atoms with Gasteiger partial charge in [0, 0.05) is 61.3 Å². The maximum absolute atomic E-state index is 12.4. The number of carbonyl (C=O) groups excluding carboxylic acids is 1. The molecule has 1 N–H and O–H groups in total. The average molecular weight is 362 g/mol. The molecule has 3 aromatic rings. The van der Waals surface area contributed by atoms with E-state index < -0.39 is 0 Å². The summed E-state index contributed by atoms with van der Waals surface area (Å²) in [5, 5.41) is 3.84. The van der Waals surface area contributed by atoms with Gasteiger partial charge in [0.15, 0.2) is 0 Å². The Morgan fingerprint density at radius 3 is 2.70 bits per heavy atom. The van der Waals surface area contributed by atoms with Crippen LogP contribution in [0.4, 0.5) is 5.82 Å². The van der Waals surface area contributed by atoms with Crippen molar-refractivity contribution >= 4 is 22.6 Å². The van der Waals surface area contributed by atoms with Crippen LogP contribution in [0, 0.1) is 0 Å². The zero-order chi connectivity index (χ0) is 18.6. The molecule has 1 aliphatic rings. The number of nitrogens with zero attached hydrogens (tertiary/aromatic N) is 5. The molecule has 7 heteroatoms. The summed E-state index contributed by atoms with van der Waals surface area (Å²) in [5.41, 5.74) is 2.78. The second-order valence-corrected chi connectivity index (χ2v) is 6.86. The molecule has 0 unspecified atom stereocenters. The molecule has 0 spiro atoms. The van der Waals surface area contributed by atoms with Gasteiger partial charge in [-0.2, -0.15) is 0 Å². The number of carbonyl (C=O) groups is 1. The lowest BCUT2D eigenvalue weighted by molar-refractivity contribution is -0.117. The summed E-state index contributed by atoms with van der Waals surface area (Å²) in [6.07, 6.45) is 7.05. The lowest BCUT2D eigenvalue weighted by atomic mass is 10.1. The molecule has 138 valence electrons. The Morgan fingerprint density at radius 2 is 1.93 bits per heavy atom. The van der Waals surface area contributed by atoms with Gasteiger partial charge in [-0.15, -0.1) is 0 Å². The van der Waals surface area contributed by atoms with E-state index in [1.807, 2.05) is 36.7 Å². The molecule has 7 nitrogen and oxygen atoms in total. The van der Waals surface area contributed by atoms with Crippen molar-refractivity contribution in [2.75, 3.05) is 45.1 Å². The first-order valence-corrected chi connectivity index (χ1v) is 9.04. The van der Waals surface area contributed by atoms with Crippen molar-refractivity contribution in [3.05, 3.63) is 49.1 Å². The summed E-state index contributed by atoms with van der Waals surface area (Å²) < 4.78 is 0. The fraction of sp³-hybridized carbons (Fsp3) is 0.300. The molecule has 0 radical (unpaired) electrons. The van der Waals surface area contributed by atoms with E-state index in [0.717, 1.165) is 48.2 Å². The predicted octanol–water partition coefficient (Wildman–Crippen LogP) is 1.88. The van der Waals surface area contributed by atoms with Gasteiger partial charge in [-0.3, -0.25) is 19.7 Å². The summed E-state index contributed by atoms with van der Waals surface area (Å²) in [4.78, 5) is 29.7. The number of rotatable bonds is 4. The fourth-order valence-electron chi connectivity index (χ4n) is 3.18. The molecule has 0 atom stereocenters. The van der Waals surface area contributed by atoms with Crippen LogP contribution in [-0.2, 0) is 4.79 Å². The Labute approximate surface area is 158 Å². The minimum absolute atomic E-state index is 0.0391. The SMILES string of the molecule is CN1CCN(CC(=O)Nc2cc3cc(-c4cccnc4)cnc3cn2)CC1. The number of pyridine rings is 3. The predicted molar refractivity (Wildman–Crippen MR) is 105 cm³/mol. The molecule has 1 amide bonds. The van der Waals surface area contributed by atoms with Crippen LogP contribution in [0.25, 0.3) is 22.0 Å². The zero-order valence-corrected chi connectivity index (χ0v) is 15.3. The van der Waals surface area contributed by atoms with Crippen molar-refractivity contribution in [1.29, 1.82) is 0 Å². The summed E-state index contributed by atoms with van der Waals surface area (Å²) in [6, 6.07) is 7.80. The van der Waals surface area contributed by atoms with Crippen molar-refractivity contribution in [2.24, 2.45) is 0 Å². The fourth-order valence-corrected chi connectivity index (χ4v) is 3.18. The van der Waals surface area contributed by atoms with Gasteiger partial charge in [0.05, 0.1) is 18.3 Å². The van der Waals surface area contributed by atoms with E-state index in [0.29, 0.717) is 12.4 Å². The normalized spacial score (nSPS) is 15.7. The van der Waals surface area contributed by atoms with Crippen molar-refractivity contribution in [3.63, 3.8) is 0 Å². The Kier molecular flexibility index (Phi) is 5.04. The Bertz CT molecular complexity index is 938. The number of hydrogen-bond acceptors (Lipinski definition) is 6. The Hall–Kier alpha value is -2.90. The van der Waals surface area contributed by atoms with Gasteiger partial charge in [-0.1, -0.05) is 6.07 Å². The van der Waals surface area contributed by atoms with Crippen LogP contribution >= 0.6 is 0 Å². The van der Waals surface area contributed by atoms with Gasteiger partial charge >= 0.3 is 0 Å². The number of amides is 1. The summed E-state index contributed by atoms with van der Waals surface area (Å²) in [6.45, 7) is 4.19. The van der Waals surface area contributed by atoms with Crippen LogP contribution < -0.4 is 5.32 Å². The van der Waals surface area contributed by atoms with Gasteiger partial charge in [-0.05, 0) is 25.2 Å². The maximum Gasteiger partial charge on any atom is 0.239 e. The molecule has 27 heavy (non-hydrogen) atoms. The minimum Gasteiger partial charge on any atom is -0.310 e. The first kappa shape index (κ1) is 17.5. The Balaban J connectivity index is 1.48. The second kappa shape index (κ2) is 7.77. The number of nitrogens with one attached hydrogen (secondary N) is 1. The third-order valence-electron chi connectivity index (χ3n) is 4.79. The summed E-state index contributed by atoms with van der Waals surface area (Å²) >= 11 is 0. The van der Waals surface area contributed by atoms with E-state index in [1.165, 1.54) is 0 Å². The van der Waals surface area contributed by atoms with E-state index in [-0.39, 0.29) is 5.91 Å². The van der Waals surface area contributed by atoms with Crippen LogP contribution in [0.2, 0.25) is 0 Å². The molecule has 3 aromatic heterocycles. The van der Waals surface area contributed by atoms with Gasteiger partial charge < -0.3 is 10.2 Å². The van der Waals surface area contributed by atoms with Crippen molar-refractivity contribution in [2.45, 2.75) is 0 Å². The smallest absolute Gasteiger partial charge is 0.239 e. The third-order valence-corrected chi connectivity index (χ3v) is 4.79. The Morgan fingerprint density at radius 1 is 1.07 bits per heavy atom. The highest BCUT2D eigenvalue weighted by atomic mass is 16.2. The number of fused-ring (bicyclic) bond motifs is 1. The number of aromatic nitrogens is 3. The number of piperazine rings is 1. The van der Waals surface area contributed by atoms with Gasteiger partial charge in [0.25, 0.3) is 0 Å². The van der Waals surface area contributed by atoms with Crippen LogP contribution in [0.15, 0.2) is 49.1 Å². The molecule has 1 saturated heterocycles. The first-order chi connectivity index (χ1) is 13.2. The van der Waals surface area contributed by atoms with Crippen molar-refractivity contribution in [1.82, 2.24) is 24.8 Å². The lowest BCUT2D eigenvalue weighted by Crippen LogP contribution is -2.47. The van der Waals surface area contributed by atoms with E-state index in [4.69, 9.17) is 0 Å². The molecule has 0 aliphatic carbocycles. The van der Waals surface area contributed by atoms with Crippen LogP contribution in [0.3, 0.4) is 0 Å². The van der Waals surface area contributed by atoms with E-state index in [2.05, 4.69) is 37.1 Å². The van der Waals surface area contributed by atoms with E-state index in [1.54, 1.807) is 12.4 Å². The highest BCUT2D eigenvalue weighted by molar-refractivity contribution is 5.93. The largest absolute Gasteiger partial charge is 0.310 e. The number of anilines is 1. The first-order valence-electron chi connectivity index (χ1n) is 9.04. The number of likely N-dealkylation sites (N-methyl/N-ethyl adjacent to an activating group) is 1. The quantitative estimate of drug-likeness (QED) is 0.764.